The lowest BCUT2D eigenvalue weighted by molar-refractivity contribution is -0.385. The highest BCUT2D eigenvalue weighted by atomic mass is 32.1. The SMILES string of the molecule is CCOC(=O)C1=C(C)N=c2sc(=Cc3ccc(OCc4ccccc4[N+](=O)[O-])cc3)c(=O)n2C1c1ccccc1. The normalized spacial score (nSPS) is 14.8. The number of nitro benzene ring substituents is 1. The lowest BCUT2D eigenvalue weighted by Gasteiger charge is -2.24. The van der Waals surface area contributed by atoms with Crippen molar-refractivity contribution in [2.75, 3.05) is 6.61 Å². The summed E-state index contributed by atoms with van der Waals surface area (Å²) in [5.74, 6) is 0.0406. The molecule has 9 nitrogen and oxygen atoms in total. The molecule has 40 heavy (non-hydrogen) atoms. The Kier molecular flexibility index (Phi) is 7.70. The van der Waals surface area contributed by atoms with Crippen molar-refractivity contribution in [3.8, 4) is 5.75 Å². The smallest absolute Gasteiger partial charge is 0.338 e. The molecule has 1 unspecified atom stereocenters. The molecule has 1 aliphatic rings. The maximum atomic E-state index is 13.7. The minimum absolute atomic E-state index is 0.00431. The number of thiazole rings is 1. The summed E-state index contributed by atoms with van der Waals surface area (Å²) < 4.78 is 13.1. The van der Waals surface area contributed by atoms with Crippen molar-refractivity contribution >= 4 is 29.1 Å². The third-order valence-corrected chi connectivity index (χ3v) is 7.38. The summed E-state index contributed by atoms with van der Waals surface area (Å²) in [5.41, 5.74) is 2.62. The molecule has 0 fully saturated rings. The minimum atomic E-state index is -0.656. The molecule has 2 heterocycles. The van der Waals surface area contributed by atoms with E-state index < -0.39 is 16.9 Å². The highest BCUT2D eigenvalue weighted by Gasteiger charge is 2.33. The average molecular weight is 556 g/mol. The van der Waals surface area contributed by atoms with E-state index in [1.165, 1.54) is 17.4 Å². The molecule has 202 valence electrons. The van der Waals surface area contributed by atoms with Crippen LogP contribution in [0.1, 0.15) is 36.6 Å². The van der Waals surface area contributed by atoms with Gasteiger partial charge in [0.25, 0.3) is 11.2 Å². The van der Waals surface area contributed by atoms with Gasteiger partial charge in [-0.3, -0.25) is 19.5 Å². The number of hydrogen-bond donors (Lipinski definition) is 0. The zero-order chi connectivity index (χ0) is 28.2. The number of esters is 1. The second kappa shape index (κ2) is 11.5. The molecule has 0 saturated heterocycles. The number of benzene rings is 3. The number of carbonyl (C=O) groups excluding carboxylic acids is 1. The van der Waals surface area contributed by atoms with Gasteiger partial charge >= 0.3 is 5.97 Å². The van der Waals surface area contributed by atoms with Gasteiger partial charge in [0.05, 0.1) is 38.9 Å². The van der Waals surface area contributed by atoms with E-state index in [1.54, 1.807) is 67.0 Å². The van der Waals surface area contributed by atoms with Gasteiger partial charge in [-0.05, 0) is 49.2 Å². The van der Waals surface area contributed by atoms with Crippen LogP contribution < -0.4 is 19.6 Å². The Morgan fingerprint density at radius 2 is 1.77 bits per heavy atom. The minimum Gasteiger partial charge on any atom is -0.489 e. The van der Waals surface area contributed by atoms with Crippen LogP contribution in [-0.2, 0) is 16.1 Å². The van der Waals surface area contributed by atoms with Gasteiger partial charge in [0.15, 0.2) is 4.80 Å². The molecule has 0 aliphatic carbocycles. The number of para-hydroxylation sites is 1. The molecule has 10 heteroatoms. The average Bonchev–Trinajstić information content (AvgIpc) is 3.26. The predicted molar refractivity (Wildman–Crippen MR) is 151 cm³/mol. The fraction of sp³-hybridized carbons (Fsp3) is 0.167. The summed E-state index contributed by atoms with van der Waals surface area (Å²) in [6, 6.07) is 22.2. The fourth-order valence-corrected chi connectivity index (χ4v) is 5.57. The zero-order valence-electron chi connectivity index (χ0n) is 21.8. The Balaban J connectivity index is 1.46. The highest BCUT2D eigenvalue weighted by molar-refractivity contribution is 7.07. The third-order valence-electron chi connectivity index (χ3n) is 6.39. The second-order valence-corrected chi connectivity index (χ2v) is 9.97. The van der Waals surface area contributed by atoms with E-state index in [0.717, 1.165) is 11.1 Å². The van der Waals surface area contributed by atoms with Gasteiger partial charge < -0.3 is 9.47 Å². The molecule has 0 spiro atoms. The quantitative estimate of drug-likeness (QED) is 0.182. The van der Waals surface area contributed by atoms with Crippen LogP contribution in [0.5, 0.6) is 5.75 Å². The number of nitrogens with zero attached hydrogens (tertiary/aromatic N) is 3. The van der Waals surface area contributed by atoms with Crippen LogP contribution in [0.3, 0.4) is 0 Å². The molecule has 0 amide bonds. The van der Waals surface area contributed by atoms with Crippen LogP contribution >= 0.6 is 11.3 Å². The van der Waals surface area contributed by atoms with Crippen molar-refractivity contribution in [3.05, 3.63) is 137 Å². The van der Waals surface area contributed by atoms with Crippen molar-refractivity contribution < 1.29 is 19.2 Å². The van der Waals surface area contributed by atoms with E-state index in [0.29, 0.717) is 31.9 Å². The topological polar surface area (TPSA) is 113 Å². The number of rotatable bonds is 8. The summed E-state index contributed by atoms with van der Waals surface area (Å²) >= 11 is 1.25. The third kappa shape index (κ3) is 5.34. The highest BCUT2D eigenvalue weighted by Crippen LogP contribution is 2.30. The van der Waals surface area contributed by atoms with E-state index in [2.05, 4.69) is 4.99 Å². The summed E-state index contributed by atoms with van der Waals surface area (Å²) in [4.78, 5) is 42.5. The molecule has 5 rings (SSSR count). The summed E-state index contributed by atoms with van der Waals surface area (Å²) in [5, 5.41) is 11.2. The van der Waals surface area contributed by atoms with Gasteiger partial charge in [-0.1, -0.05) is 65.9 Å². The molecule has 0 N–H and O–H groups in total. The van der Waals surface area contributed by atoms with Crippen LogP contribution in [0.2, 0.25) is 0 Å². The Morgan fingerprint density at radius 3 is 2.48 bits per heavy atom. The molecular formula is C30H25N3O6S. The zero-order valence-corrected chi connectivity index (χ0v) is 22.6. The second-order valence-electron chi connectivity index (χ2n) is 8.96. The van der Waals surface area contributed by atoms with E-state index in [-0.39, 0.29) is 24.5 Å². The number of carbonyl (C=O) groups is 1. The molecular weight excluding hydrogens is 530 g/mol. The lowest BCUT2D eigenvalue weighted by atomic mass is 9.96. The molecule has 1 aromatic heterocycles. The maximum absolute atomic E-state index is 13.7. The van der Waals surface area contributed by atoms with Crippen molar-refractivity contribution in [1.82, 2.24) is 4.57 Å². The number of hydrogen-bond acceptors (Lipinski definition) is 8. The van der Waals surface area contributed by atoms with Gasteiger partial charge in [0.2, 0.25) is 0 Å². The van der Waals surface area contributed by atoms with E-state index in [4.69, 9.17) is 9.47 Å². The van der Waals surface area contributed by atoms with Crippen LogP contribution in [0.4, 0.5) is 5.69 Å². The van der Waals surface area contributed by atoms with Crippen molar-refractivity contribution in [1.29, 1.82) is 0 Å². The van der Waals surface area contributed by atoms with Crippen molar-refractivity contribution in [3.63, 3.8) is 0 Å². The van der Waals surface area contributed by atoms with E-state index in [1.807, 2.05) is 30.3 Å². The van der Waals surface area contributed by atoms with Crippen LogP contribution in [0.25, 0.3) is 6.08 Å². The van der Waals surface area contributed by atoms with Gasteiger partial charge in [0.1, 0.15) is 12.4 Å². The number of ether oxygens (including phenoxy) is 2. The van der Waals surface area contributed by atoms with Crippen LogP contribution in [0, 0.1) is 10.1 Å². The summed E-state index contributed by atoms with van der Waals surface area (Å²) in [7, 11) is 0. The molecule has 1 aliphatic heterocycles. The number of fused-ring (bicyclic) bond motifs is 1. The Bertz CT molecular complexity index is 1790. The molecule has 1 atom stereocenters. The largest absolute Gasteiger partial charge is 0.489 e. The monoisotopic (exact) mass is 555 g/mol. The standard InChI is InChI=1S/C30H25N3O6S/c1-3-38-29(35)26-19(2)31-30-32(27(26)21-9-5-4-6-10-21)28(34)25(40-30)17-20-13-15-23(16-14-20)39-18-22-11-7-8-12-24(22)33(36)37/h4-17,27H,3,18H2,1-2H3. The van der Waals surface area contributed by atoms with Gasteiger partial charge in [0, 0.05) is 6.07 Å². The van der Waals surface area contributed by atoms with Crippen LogP contribution in [-0.4, -0.2) is 22.1 Å². The molecule has 0 saturated carbocycles. The van der Waals surface area contributed by atoms with Gasteiger partial charge in [-0.2, -0.15) is 0 Å². The first kappa shape index (κ1) is 26.8. The summed E-state index contributed by atoms with van der Waals surface area (Å²) in [6.07, 6.45) is 1.76. The van der Waals surface area contributed by atoms with Gasteiger partial charge in [-0.15, -0.1) is 0 Å². The Labute approximate surface area is 233 Å². The van der Waals surface area contributed by atoms with Crippen molar-refractivity contribution in [2.45, 2.75) is 26.5 Å². The van der Waals surface area contributed by atoms with E-state index >= 15 is 0 Å². The number of allylic oxidation sites excluding steroid dienone is 1. The first-order valence-electron chi connectivity index (χ1n) is 12.6. The maximum Gasteiger partial charge on any atom is 0.338 e. The predicted octanol–water partition coefficient (Wildman–Crippen LogP) is 4.29. The molecule has 4 aromatic rings. The Hall–Kier alpha value is -4.83. The van der Waals surface area contributed by atoms with Crippen LogP contribution in [0.15, 0.2) is 99.9 Å². The first-order chi connectivity index (χ1) is 19.4. The summed E-state index contributed by atoms with van der Waals surface area (Å²) in [6.45, 7) is 3.75. The fourth-order valence-electron chi connectivity index (χ4n) is 4.53. The van der Waals surface area contributed by atoms with Gasteiger partial charge in [-0.25, -0.2) is 9.79 Å². The van der Waals surface area contributed by atoms with Crippen molar-refractivity contribution in [2.24, 2.45) is 4.99 Å². The Morgan fingerprint density at radius 1 is 1.07 bits per heavy atom. The van der Waals surface area contributed by atoms with E-state index in [9.17, 15) is 19.7 Å². The lowest BCUT2D eigenvalue weighted by Crippen LogP contribution is -2.39. The number of aromatic nitrogens is 1. The first-order valence-corrected chi connectivity index (χ1v) is 13.4. The molecule has 0 radical (unpaired) electrons. The molecule has 0 bridgehead atoms. The number of nitro groups is 1. The molecule has 3 aromatic carbocycles.